The maximum atomic E-state index is 12.1. The lowest BCUT2D eigenvalue weighted by Gasteiger charge is -2.32. The van der Waals surface area contributed by atoms with Gasteiger partial charge < -0.3 is 15.5 Å². The van der Waals surface area contributed by atoms with E-state index in [4.69, 9.17) is 11.6 Å². The van der Waals surface area contributed by atoms with Gasteiger partial charge in [0, 0.05) is 25.0 Å². The number of nitrogens with zero attached hydrogens (tertiary/aromatic N) is 4. The zero-order chi connectivity index (χ0) is 22.7. The maximum Gasteiger partial charge on any atom is 0.229 e. The number of hydrogen-bond acceptors (Lipinski definition) is 6. The first-order valence-electron chi connectivity index (χ1n) is 11.5. The Morgan fingerprint density at radius 1 is 1.12 bits per heavy atom. The van der Waals surface area contributed by atoms with Gasteiger partial charge in [-0.1, -0.05) is 32.4 Å². The monoisotopic (exact) mass is 456 g/mol. The molecule has 3 heterocycles. The van der Waals surface area contributed by atoms with Crippen molar-refractivity contribution in [3.05, 3.63) is 35.7 Å². The molecule has 0 radical (unpaired) electrons. The highest BCUT2D eigenvalue weighted by Gasteiger charge is 2.43. The molecule has 2 N–H and O–H groups in total. The minimum atomic E-state index is -0.419. The van der Waals surface area contributed by atoms with Gasteiger partial charge in [0.25, 0.3) is 0 Å². The van der Waals surface area contributed by atoms with Crippen LogP contribution in [0.3, 0.4) is 0 Å². The van der Waals surface area contributed by atoms with E-state index in [2.05, 4.69) is 30.5 Å². The summed E-state index contributed by atoms with van der Waals surface area (Å²) in [4.78, 5) is 27.5. The van der Waals surface area contributed by atoms with E-state index in [9.17, 15) is 4.79 Å². The number of nitrogens with one attached hydrogen (secondary N) is 2. The second-order valence-electron chi connectivity index (χ2n) is 10.0. The van der Waals surface area contributed by atoms with Gasteiger partial charge in [-0.25, -0.2) is 15.0 Å². The number of hydrogen-bond donors (Lipinski definition) is 2. The highest BCUT2D eigenvalue weighted by Crippen LogP contribution is 2.49. The van der Waals surface area contributed by atoms with Crippen molar-refractivity contribution in [1.29, 1.82) is 0 Å². The molecule has 2 atom stereocenters. The number of carbonyl (C=O) groups is 1. The molecule has 1 aliphatic heterocycles. The number of amides is 1. The van der Waals surface area contributed by atoms with Gasteiger partial charge in [0.2, 0.25) is 11.9 Å². The smallest absolute Gasteiger partial charge is 0.229 e. The van der Waals surface area contributed by atoms with Crippen LogP contribution in [0.5, 0.6) is 0 Å². The van der Waals surface area contributed by atoms with Gasteiger partial charge >= 0.3 is 0 Å². The Morgan fingerprint density at radius 2 is 1.84 bits per heavy atom. The third-order valence-corrected chi connectivity index (χ3v) is 6.73. The lowest BCUT2D eigenvalue weighted by atomic mass is 9.90. The molecule has 0 unspecified atom stereocenters. The molecule has 2 aliphatic rings. The van der Waals surface area contributed by atoms with Crippen molar-refractivity contribution < 1.29 is 4.79 Å². The molecule has 0 bridgehead atoms. The SMILES string of the molecule is CC(C)(C)C(=O)Nc1ccc(NCC[C@@H]2C[C@@H]2C2CCN(c3ncc(Cl)cn3)CC2)nc1. The molecule has 1 aliphatic carbocycles. The Labute approximate surface area is 195 Å². The molecule has 1 saturated carbocycles. The molecule has 8 heteroatoms. The molecule has 172 valence electrons. The van der Waals surface area contributed by atoms with Crippen LogP contribution in [-0.4, -0.2) is 40.5 Å². The molecule has 2 fully saturated rings. The van der Waals surface area contributed by atoms with Crippen LogP contribution < -0.4 is 15.5 Å². The van der Waals surface area contributed by atoms with Crippen LogP contribution >= 0.6 is 11.6 Å². The highest BCUT2D eigenvalue weighted by molar-refractivity contribution is 6.30. The van der Waals surface area contributed by atoms with E-state index in [0.29, 0.717) is 5.02 Å². The molecule has 1 saturated heterocycles. The summed E-state index contributed by atoms with van der Waals surface area (Å²) in [6, 6.07) is 3.83. The van der Waals surface area contributed by atoms with Gasteiger partial charge in [-0.15, -0.1) is 0 Å². The van der Waals surface area contributed by atoms with Crippen molar-refractivity contribution in [2.24, 2.45) is 23.2 Å². The van der Waals surface area contributed by atoms with Gasteiger partial charge in [-0.3, -0.25) is 4.79 Å². The maximum absolute atomic E-state index is 12.1. The lowest BCUT2D eigenvalue weighted by molar-refractivity contribution is -0.123. The summed E-state index contributed by atoms with van der Waals surface area (Å²) in [5.41, 5.74) is 0.311. The number of anilines is 3. The van der Waals surface area contributed by atoms with Crippen LogP contribution in [0.15, 0.2) is 30.7 Å². The molecule has 4 rings (SSSR count). The fourth-order valence-electron chi connectivity index (χ4n) is 4.45. The zero-order valence-electron chi connectivity index (χ0n) is 19.1. The first-order chi connectivity index (χ1) is 15.3. The van der Waals surface area contributed by atoms with Crippen LogP contribution in [0, 0.1) is 23.2 Å². The van der Waals surface area contributed by atoms with Crippen molar-refractivity contribution in [2.75, 3.05) is 35.2 Å². The van der Waals surface area contributed by atoms with E-state index >= 15 is 0 Å². The summed E-state index contributed by atoms with van der Waals surface area (Å²) in [5.74, 6) is 4.12. The van der Waals surface area contributed by atoms with Crippen molar-refractivity contribution in [3.63, 3.8) is 0 Å². The normalized spacial score (nSPS) is 21.3. The first kappa shape index (κ1) is 22.8. The molecule has 0 aromatic carbocycles. The van der Waals surface area contributed by atoms with Gasteiger partial charge in [0.05, 0.1) is 29.3 Å². The fraction of sp³-hybridized carbons (Fsp3) is 0.583. The van der Waals surface area contributed by atoms with E-state index in [0.717, 1.165) is 54.8 Å². The number of pyridine rings is 1. The average Bonchev–Trinajstić information content (AvgIpc) is 3.54. The van der Waals surface area contributed by atoms with Crippen molar-refractivity contribution in [1.82, 2.24) is 15.0 Å². The standard InChI is InChI=1S/C24H33ClN6O/c1-24(2,3)22(32)30-19-4-5-21(27-15-19)26-9-6-17-12-20(17)16-7-10-31(11-8-16)23-28-13-18(25)14-29-23/h4-5,13-17,20H,6-12H2,1-3H3,(H,26,27)(H,30,32)/t17-,20-/m1/s1. The molecule has 1 amide bonds. The van der Waals surface area contributed by atoms with Crippen LogP contribution in [-0.2, 0) is 4.79 Å². The minimum Gasteiger partial charge on any atom is -0.370 e. The zero-order valence-corrected chi connectivity index (χ0v) is 19.9. The van der Waals surface area contributed by atoms with E-state index in [-0.39, 0.29) is 5.91 Å². The molecular weight excluding hydrogens is 424 g/mol. The highest BCUT2D eigenvalue weighted by atomic mass is 35.5. The number of halogens is 1. The van der Waals surface area contributed by atoms with Crippen LogP contribution in [0.1, 0.15) is 46.5 Å². The summed E-state index contributed by atoms with van der Waals surface area (Å²) in [5, 5.41) is 6.91. The van der Waals surface area contributed by atoms with Crippen LogP contribution in [0.25, 0.3) is 0 Å². The second-order valence-corrected chi connectivity index (χ2v) is 10.5. The van der Waals surface area contributed by atoms with Crippen LogP contribution in [0.2, 0.25) is 5.02 Å². The molecule has 0 spiro atoms. The Bertz CT molecular complexity index is 904. The minimum absolute atomic E-state index is 0.00805. The molecule has 32 heavy (non-hydrogen) atoms. The number of carbonyl (C=O) groups excluding carboxylic acids is 1. The first-order valence-corrected chi connectivity index (χ1v) is 11.9. The van der Waals surface area contributed by atoms with E-state index in [1.807, 2.05) is 32.9 Å². The number of rotatable bonds is 7. The molecular formula is C24H33ClN6O. The Balaban J connectivity index is 1.15. The second kappa shape index (κ2) is 9.61. The Kier molecular flexibility index (Phi) is 6.84. The number of aromatic nitrogens is 3. The summed E-state index contributed by atoms with van der Waals surface area (Å²) < 4.78 is 0. The van der Waals surface area contributed by atoms with Crippen molar-refractivity contribution >= 4 is 35.0 Å². The summed E-state index contributed by atoms with van der Waals surface area (Å²) in [6.45, 7) is 8.67. The molecule has 2 aromatic rings. The predicted octanol–water partition coefficient (Wildman–Crippen LogP) is 4.86. The fourth-order valence-corrected chi connectivity index (χ4v) is 4.55. The summed E-state index contributed by atoms with van der Waals surface area (Å²) in [6.07, 6.45) is 10.00. The Morgan fingerprint density at radius 3 is 2.47 bits per heavy atom. The quantitative estimate of drug-likeness (QED) is 0.618. The summed E-state index contributed by atoms with van der Waals surface area (Å²) >= 11 is 5.89. The van der Waals surface area contributed by atoms with Gasteiger partial charge in [-0.2, -0.15) is 0 Å². The van der Waals surface area contributed by atoms with Gasteiger partial charge in [0.1, 0.15) is 5.82 Å². The summed E-state index contributed by atoms with van der Waals surface area (Å²) in [7, 11) is 0. The van der Waals surface area contributed by atoms with E-state index in [1.54, 1.807) is 18.6 Å². The van der Waals surface area contributed by atoms with Crippen molar-refractivity contribution in [2.45, 2.75) is 46.5 Å². The average molecular weight is 457 g/mol. The molecule has 7 nitrogen and oxygen atoms in total. The third kappa shape index (κ3) is 5.88. The van der Waals surface area contributed by atoms with E-state index < -0.39 is 5.41 Å². The molecule has 2 aromatic heterocycles. The largest absolute Gasteiger partial charge is 0.370 e. The number of piperidine rings is 1. The predicted molar refractivity (Wildman–Crippen MR) is 129 cm³/mol. The Hall–Kier alpha value is -2.41. The third-order valence-electron chi connectivity index (χ3n) is 6.54. The topological polar surface area (TPSA) is 83.0 Å². The van der Waals surface area contributed by atoms with Gasteiger partial charge in [-0.05, 0) is 55.6 Å². The van der Waals surface area contributed by atoms with E-state index in [1.165, 1.54) is 25.7 Å². The lowest BCUT2D eigenvalue weighted by Crippen LogP contribution is -2.35. The van der Waals surface area contributed by atoms with Crippen LogP contribution in [0.4, 0.5) is 17.5 Å². The van der Waals surface area contributed by atoms with Crippen molar-refractivity contribution in [3.8, 4) is 0 Å². The van der Waals surface area contributed by atoms with Gasteiger partial charge in [0.15, 0.2) is 0 Å².